The number of piperidine rings is 1. The van der Waals surface area contributed by atoms with Gasteiger partial charge in [-0.2, -0.15) is 0 Å². The van der Waals surface area contributed by atoms with Crippen LogP contribution in [0.25, 0.3) is 0 Å². The van der Waals surface area contributed by atoms with E-state index in [2.05, 4.69) is 5.32 Å². The molecule has 1 unspecified atom stereocenters. The maximum atomic E-state index is 12.3. The Morgan fingerprint density at radius 3 is 2.83 bits per heavy atom. The second-order valence-electron chi connectivity index (χ2n) is 6.24. The number of nitrogens with two attached hydrogens (primary N) is 1. The Morgan fingerprint density at radius 1 is 1.38 bits per heavy atom. The highest BCUT2D eigenvalue weighted by atomic mass is 16.5. The lowest BCUT2D eigenvalue weighted by Gasteiger charge is -2.32. The fraction of sp³-hybridized carbons (Fsp3) is 0.556. The Morgan fingerprint density at radius 2 is 2.12 bits per heavy atom. The molecule has 1 aromatic carbocycles. The molecule has 2 rings (SSSR count). The molecule has 3 N–H and O–H groups in total. The quantitative estimate of drug-likeness (QED) is 0.784. The minimum Gasteiger partial charge on any atom is -0.493 e. The van der Waals surface area contributed by atoms with Gasteiger partial charge in [-0.05, 0) is 31.9 Å². The number of nitrogens with zero attached hydrogens (tertiary/aromatic N) is 1. The van der Waals surface area contributed by atoms with E-state index in [-0.39, 0.29) is 23.8 Å². The fourth-order valence-corrected chi connectivity index (χ4v) is 2.77. The lowest BCUT2D eigenvalue weighted by Crippen LogP contribution is -2.48. The van der Waals surface area contributed by atoms with Gasteiger partial charge in [0, 0.05) is 25.7 Å². The molecule has 24 heavy (non-hydrogen) atoms. The molecule has 1 saturated heterocycles. The van der Waals surface area contributed by atoms with Gasteiger partial charge in [-0.3, -0.25) is 9.59 Å². The number of nitrogens with one attached hydrogen (secondary N) is 1. The third-order valence-electron chi connectivity index (χ3n) is 4.21. The Kier molecular flexibility index (Phi) is 7.06. The fourth-order valence-electron chi connectivity index (χ4n) is 2.77. The maximum absolute atomic E-state index is 12.3. The van der Waals surface area contributed by atoms with E-state index in [1.54, 1.807) is 4.90 Å². The van der Waals surface area contributed by atoms with Crippen molar-refractivity contribution in [1.82, 2.24) is 10.2 Å². The van der Waals surface area contributed by atoms with Crippen molar-refractivity contribution in [2.45, 2.75) is 32.2 Å². The molecule has 0 saturated carbocycles. The minimum atomic E-state index is -0.147. The normalized spacial score (nSPS) is 18.8. The summed E-state index contributed by atoms with van der Waals surface area (Å²) in [6.45, 7) is 3.83. The molecule has 1 fully saturated rings. The summed E-state index contributed by atoms with van der Waals surface area (Å²) < 4.78 is 5.57. The summed E-state index contributed by atoms with van der Waals surface area (Å²) in [5.41, 5.74) is 5.54. The van der Waals surface area contributed by atoms with Gasteiger partial charge in [0.05, 0.1) is 18.9 Å². The van der Waals surface area contributed by atoms with E-state index < -0.39 is 0 Å². The summed E-state index contributed by atoms with van der Waals surface area (Å²) in [6, 6.07) is 9.40. The van der Waals surface area contributed by atoms with E-state index in [0.29, 0.717) is 32.7 Å². The van der Waals surface area contributed by atoms with Gasteiger partial charge in [0.1, 0.15) is 5.75 Å². The summed E-state index contributed by atoms with van der Waals surface area (Å²) in [6.07, 6.45) is 1.98. The molecule has 0 radical (unpaired) electrons. The Bertz CT molecular complexity index is 536. The van der Waals surface area contributed by atoms with Crippen molar-refractivity contribution >= 4 is 11.8 Å². The summed E-state index contributed by atoms with van der Waals surface area (Å²) >= 11 is 0. The first kappa shape index (κ1) is 18.3. The Hall–Kier alpha value is -2.08. The first-order valence-electron chi connectivity index (χ1n) is 8.56. The minimum absolute atomic E-state index is 0.00835. The molecular formula is C18H27N3O3. The van der Waals surface area contributed by atoms with Crippen LogP contribution in [0.1, 0.15) is 26.2 Å². The van der Waals surface area contributed by atoms with Crippen LogP contribution in [-0.2, 0) is 9.59 Å². The lowest BCUT2D eigenvalue weighted by molar-refractivity contribution is -0.136. The third kappa shape index (κ3) is 5.53. The average molecular weight is 333 g/mol. The average Bonchev–Trinajstić information content (AvgIpc) is 2.62. The van der Waals surface area contributed by atoms with Crippen LogP contribution in [0.4, 0.5) is 0 Å². The highest BCUT2D eigenvalue weighted by Crippen LogP contribution is 2.18. The molecule has 6 nitrogen and oxygen atoms in total. The van der Waals surface area contributed by atoms with Crippen LogP contribution >= 0.6 is 0 Å². The largest absolute Gasteiger partial charge is 0.493 e. The van der Waals surface area contributed by atoms with E-state index in [9.17, 15) is 9.59 Å². The van der Waals surface area contributed by atoms with Gasteiger partial charge in [-0.1, -0.05) is 18.2 Å². The zero-order chi connectivity index (χ0) is 17.4. The van der Waals surface area contributed by atoms with Crippen LogP contribution in [-0.4, -0.2) is 49.0 Å². The predicted molar refractivity (Wildman–Crippen MR) is 92.5 cm³/mol. The topological polar surface area (TPSA) is 84.7 Å². The third-order valence-corrected chi connectivity index (χ3v) is 4.21. The highest BCUT2D eigenvalue weighted by Gasteiger charge is 2.28. The second-order valence-corrected chi connectivity index (χ2v) is 6.24. The van der Waals surface area contributed by atoms with Gasteiger partial charge < -0.3 is 20.7 Å². The van der Waals surface area contributed by atoms with Crippen LogP contribution in [0.15, 0.2) is 30.3 Å². The number of likely N-dealkylation sites (tertiary alicyclic amines) is 1. The van der Waals surface area contributed by atoms with Gasteiger partial charge >= 0.3 is 0 Å². The molecule has 6 heteroatoms. The van der Waals surface area contributed by atoms with Crippen molar-refractivity contribution in [1.29, 1.82) is 0 Å². The number of hydrogen-bond acceptors (Lipinski definition) is 4. The number of rotatable bonds is 7. The summed E-state index contributed by atoms with van der Waals surface area (Å²) in [5, 5.41) is 2.90. The van der Waals surface area contributed by atoms with Crippen LogP contribution in [0.3, 0.4) is 0 Å². The van der Waals surface area contributed by atoms with Gasteiger partial charge in [-0.25, -0.2) is 0 Å². The van der Waals surface area contributed by atoms with Gasteiger partial charge in [0.2, 0.25) is 11.8 Å². The van der Waals surface area contributed by atoms with Gasteiger partial charge in [0.25, 0.3) is 0 Å². The first-order chi connectivity index (χ1) is 11.6. The van der Waals surface area contributed by atoms with Gasteiger partial charge in [0.15, 0.2) is 0 Å². The molecule has 0 bridgehead atoms. The smallest absolute Gasteiger partial charge is 0.226 e. The maximum Gasteiger partial charge on any atom is 0.226 e. The Labute approximate surface area is 143 Å². The van der Waals surface area contributed by atoms with E-state index in [1.165, 1.54) is 0 Å². The van der Waals surface area contributed by atoms with Crippen molar-refractivity contribution in [2.75, 3.05) is 26.2 Å². The number of carbonyl (C=O) groups excluding carboxylic acids is 2. The summed E-state index contributed by atoms with van der Waals surface area (Å²) in [7, 11) is 0. The molecule has 1 aliphatic rings. The van der Waals surface area contributed by atoms with Crippen molar-refractivity contribution < 1.29 is 14.3 Å². The molecule has 1 aliphatic heterocycles. The first-order valence-corrected chi connectivity index (χ1v) is 8.56. The van der Waals surface area contributed by atoms with E-state index in [1.807, 2.05) is 37.3 Å². The zero-order valence-corrected chi connectivity index (χ0v) is 14.2. The monoisotopic (exact) mass is 333 g/mol. The highest BCUT2D eigenvalue weighted by molar-refractivity contribution is 5.81. The number of hydrogen-bond donors (Lipinski definition) is 2. The molecule has 1 aromatic rings. The van der Waals surface area contributed by atoms with Crippen LogP contribution < -0.4 is 15.8 Å². The SMILES string of the molecule is C[C@@H](CN)NC(=O)C1CCCN(C(=O)CCOc2ccccc2)C1. The molecule has 132 valence electrons. The lowest BCUT2D eigenvalue weighted by atomic mass is 9.96. The Balaban J connectivity index is 1.76. The number of ether oxygens (including phenoxy) is 1. The molecule has 0 aliphatic carbocycles. The second kappa shape index (κ2) is 9.27. The van der Waals surface area contributed by atoms with Crippen molar-refractivity contribution in [3.8, 4) is 5.75 Å². The zero-order valence-electron chi connectivity index (χ0n) is 14.2. The molecule has 0 spiro atoms. The standard InChI is InChI=1S/C18H27N3O3/c1-14(12-19)20-18(23)15-6-5-10-21(13-15)17(22)9-11-24-16-7-3-2-4-8-16/h2-4,7-8,14-15H,5-6,9-13,19H2,1H3,(H,20,23)/t14-,15?/m0/s1. The molecule has 2 amide bonds. The number of carbonyl (C=O) groups is 2. The van der Waals surface area contributed by atoms with Crippen molar-refractivity contribution in [3.63, 3.8) is 0 Å². The van der Waals surface area contributed by atoms with E-state index >= 15 is 0 Å². The predicted octanol–water partition coefficient (Wildman–Crippen LogP) is 1.16. The van der Waals surface area contributed by atoms with Gasteiger partial charge in [-0.15, -0.1) is 0 Å². The summed E-state index contributed by atoms with van der Waals surface area (Å²) in [4.78, 5) is 26.3. The molecule has 1 heterocycles. The number of amides is 2. The van der Waals surface area contributed by atoms with E-state index in [0.717, 1.165) is 18.6 Å². The van der Waals surface area contributed by atoms with Crippen LogP contribution in [0, 0.1) is 5.92 Å². The molecule has 2 atom stereocenters. The van der Waals surface area contributed by atoms with E-state index in [4.69, 9.17) is 10.5 Å². The van der Waals surface area contributed by atoms with Crippen molar-refractivity contribution in [2.24, 2.45) is 11.7 Å². The van der Waals surface area contributed by atoms with Crippen LogP contribution in [0.5, 0.6) is 5.75 Å². The van der Waals surface area contributed by atoms with Crippen molar-refractivity contribution in [3.05, 3.63) is 30.3 Å². The molecule has 0 aromatic heterocycles. The molecular weight excluding hydrogens is 306 g/mol. The number of benzene rings is 1. The number of para-hydroxylation sites is 1. The summed E-state index contributed by atoms with van der Waals surface area (Å²) in [5.74, 6) is 0.644. The van der Waals surface area contributed by atoms with Crippen LogP contribution in [0.2, 0.25) is 0 Å².